The van der Waals surface area contributed by atoms with Crippen LogP contribution in [0, 0.1) is 5.92 Å². The highest BCUT2D eigenvalue weighted by Gasteiger charge is 2.24. The number of likely N-dealkylation sites (tertiary alicyclic amines) is 1. The van der Waals surface area contributed by atoms with Crippen LogP contribution in [0.15, 0.2) is 0 Å². The molecule has 0 aromatic heterocycles. The van der Waals surface area contributed by atoms with Crippen molar-refractivity contribution in [2.45, 2.75) is 52.5 Å². The Kier molecular flexibility index (Phi) is 8.09. The normalized spacial score (nSPS) is 15.9. The van der Waals surface area contributed by atoms with Gasteiger partial charge in [0.15, 0.2) is 0 Å². The molecule has 6 nitrogen and oxygen atoms in total. The fourth-order valence-corrected chi connectivity index (χ4v) is 2.47. The maximum Gasteiger partial charge on any atom is 0.234 e. The number of Topliss-reactive ketones (excluding diaryl/α,β-unsaturated/α-hetero) is 1. The van der Waals surface area contributed by atoms with Crippen molar-refractivity contribution in [3.63, 3.8) is 0 Å². The Morgan fingerprint density at radius 1 is 1.18 bits per heavy atom. The lowest BCUT2D eigenvalue weighted by atomic mass is 10.0. The summed E-state index contributed by atoms with van der Waals surface area (Å²) >= 11 is 0. The number of hydrogen-bond acceptors (Lipinski definition) is 4. The molecule has 1 aliphatic rings. The van der Waals surface area contributed by atoms with Crippen LogP contribution in [0.3, 0.4) is 0 Å². The van der Waals surface area contributed by atoms with Gasteiger partial charge < -0.3 is 15.5 Å². The first-order valence-electron chi connectivity index (χ1n) is 8.24. The van der Waals surface area contributed by atoms with Gasteiger partial charge in [-0.15, -0.1) is 0 Å². The van der Waals surface area contributed by atoms with E-state index < -0.39 is 0 Å². The van der Waals surface area contributed by atoms with Gasteiger partial charge in [0.25, 0.3) is 0 Å². The molecule has 6 heteroatoms. The molecule has 1 saturated heterocycles. The van der Waals surface area contributed by atoms with Gasteiger partial charge in [-0.2, -0.15) is 0 Å². The van der Waals surface area contributed by atoms with E-state index in [0.717, 1.165) is 19.4 Å². The number of nitrogens with zero attached hydrogens (tertiary/aromatic N) is 1. The molecule has 0 aliphatic carbocycles. The second kappa shape index (κ2) is 9.56. The molecule has 0 atom stereocenters. The quantitative estimate of drug-likeness (QED) is 0.705. The van der Waals surface area contributed by atoms with Crippen molar-refractivity contribution in [3.8, 4) is 0 Å². The molecule has 2 amide bonds. The zero-order valence-electron chi connectivity index (χ0n) is 14.0. The van der Waals surface area contributed by atoms with Gasteiger partial charge in [0.05, 0.1) is 6.54 Å². The number of piperidine rings is 1. The third kappa shape index (κ3) is 6.56. The van der Waals surface area contributed by atoms with Crippen LogP contribution in [0.2, 0.25) is 0 Å². The molecule has 1 rings (SSSR count). The highest BCUT2D eigenvalue weighted by atomic mass is 16.2. The molecule has 0 aromatic carbocycles. The van der Waals surface area contributed by atoms with Gasteiger partial charge in [-0.05, 0) is 19.4 Å². The fraction of sp³-hybridized carbons (Fsp3) is 0.812. The molecule has 0 saturated carbocycles. The van der Waals surface area contributed by atoms with Crippen LogP contribution in [-0.4, -0.2) is 54.7 Å². The van der Waals surface area contributed by atoms with Crippen molar-refractivity contribution in [2.75, 3.05) is 26.2 Å². The topological polar surface area (TPSA) is 78.5 Å². The fourth-order valence-electron chi connectivity index (χ4n) is 2.47. The predicted molar refractivity (Wildman–Crippen MR) is 89.6 cm³/mol. The Bertz CT molecular complexity index is 398. The molecule has 1 heterocycles. The molecule has 130 valence electrons. The number of rotatable bonds is 8. The van der Waals surface area contributed by atoms with Crippen LogP contribution in [0.5, 0.6) is 0 Å². The molecule has 0 spiro atoms. The summed E-state index contributed by atoms with van der Waals surface area (Å²) in [4.78, 5) is 37.1. The van der Waals surface area contributed by atoms with E-state index in [1.165, 1.54) is 0 Å². The molecule has 2 N–H and O–H groups in total. The lowest BCUT2D eigenvalue weighted by Gasteiger charge is -2.32. The van der Waals surface area contributed by atoms with Crippen molar-refractivity contribution in [3.05, 3.63) is 0 Å². The van der Waals surface area contributed by atoms with Crippen molar-refractivity contribution in [1.82, 2.24) is 15.5 Å². The number of carbonyl (C=O) groups excluding carboxylic acids is 3. The first-order valence-corrected chi connectivity index (χ1v) is 8.24. The zero-order valence-corrected chi connectivity index (χ0v) is 14.0. The monoisotopic (exact) mass is 315 g/mol. The van der Waals surface area contributed by atoms with Gasteiger partial charge in [-0.1, -0.05) is 20.8 Å². The van der Waals surface area contributed by atoms with Gasteiger partial charge in [0, 0.05) is 40.7 Å². The Morgan fingerprint density at radius 2 is 1.82 bits per heavy atom. The SMILES string of the molecule is CCNCC(=O)NC1CCN(C(=O)CCC(=O)C(C)C)CC1.[HH].[HH]. The average molecular weight is 315 g/mol. The second-order valence-corrected chi connectivity index (χ2v) is 6.12. The van der Waals surface area contributed by atoms with E-state index in [9.17, 15) is 14.4 Å². The highest BCUT2D eigenvalue weighted by molar-refractivity contribution is 5.86. The summed E-state index contributed by atoms with van der Waals surface area (Å²) in [5.41, 5.74) is 0. The number of hydrogen-bond donors (Lipinski definition) is 2. The maximum atomic E-state index is 12.1. The Hall–Kier alpha value is -1.43. The van der Waals surface area contributed by atoms with E-state index >= 15 is 0 Å². The van der Waals surface area contributed by atoms with Gasteiger partial charge in [-0.25, -0.2) is 0 Å². The smallest absolute Gasteiger partial charge is 0.234 e. The van der Waals surface area contributed by atoms with Gasteiger partial charge in [-0.3, -0.25) is 14.4 Å². The largest absolute Gasteiger partial charge is 0.352 e. The zero-order chi connectivity index (χ0) is 16.5. The average Bonchev–Trinajstić information content (AvgIpc) is 2.50. The van der Waals surface area contributed by atoms with Gasteiger partial charge in [0.1, 0.15) is 5.78 Å². The van der Waals surface area contributed by atoms with Crippen LogP contribution in [0.25, 0.3) is 0 Å². The molecule has 0 aromatic rings. The third-order valence-electron chi connectivity index (χ3n) is 3.98. The molecule has 0 bridgehead atoms. The third-order valence-corrected chi connectivity index (χ3v) is 3.98. The molecule has 1 aliphatic heterocycles. The Balaban J connectivity index is 0. The van der Waals surface area contributed by atoms with Crippen LogP contribution < -0.4 is 10.6 Å². The molecule has 1 fully saturated rings. The van der Waals surface area contributed by atoms with E-state index in [4.69, 9.17) is 0 Å². The Labute approximate surface area is 136 Å². The van der Waals surface area contributed by atoms with Crippen molar-refractivity contribution in [2.24, 2.45) is 5.92 Å². The maximum absolute atomic E-state index is 12.1. The minimum absolute atomic E-state index is 0. The number of nitrogens with one attached hydrogen (secondary N) is 2. The second-order valence-electron chi connectivity index (χ2n) is 6.12. The standard InChI is InChI=1S/C16H29N3O3.2H2/c1-4-17-11-15(21)18-13-7-9-19(10-8-13)16(22)6-5-14(20)12(2)3;;/h12-13,17H,4-11H2,1-3H3,(H,18,21);2*1H. The minimum atomic E-state index is -0.00882. The summed E-state index contributed by atoms with van der Waals surface area (Å²) in [6, 6.07) is 0.146. The lowest BCUT2D eigenvalue weighted by Crippen LogP contribution is -2.48. The molecular weight excluding hydrogens is 282 g/mol. The summed E-state index contributed by atoms with van der Waals surface area (Å²) in [5, 5.41) is 5.98. The van der Waals surface area contributed by atoms with E-state index in [0.29, 0.717) is 32.5 Å². The van der Waals surface area contributed by atoms with Gasteiger partial charge in [0.2, 0.25) is 11.8 Å². The van der Waals surface area contributed by atoms with E-state index in [1.807, 2.05) is 20.8 Å². The van der Waals surface area contributed by atoms with Crippen LogP contribution in [0.1, 0.15) is 49.3 Å². The molecule has 22 heavy (non-hydrogen) atoms. The van der Waals surface area contributed by atoms with Crippen molar-refractivity contribution in [1.29, 1.82) is 0 Å². The van der Waals surface area contributed by atoms with E-state index in [-0.39, 0.29) is 32.4 Å². The first kappa shape index (κ1) is 18.6. The van der Waals surface area contributed by atoms with Gasteiger partial charge >= 0.3 is 0 Å². The summed E-state index contributed by atoms with van der Waals surface area (Å²) in [7, 11) is 0. The first-order chi connectivity index (χ1) is 10.4. The highest BCUT2D eigenvalue weighted by Crippen LogP contribution is 2.13. The molecular formula is C16H33N3O3. The van der Waals surface area contributed by atoms with Crippen molar-refractivity contribution < 1.29 is 17.2 Å². The van der Waals surface area contributed by atoms with Crippen LogP contribution in [-0.2, 0) is 14.4 Å². The van der Waals surface area contributed by atoms with E-state index in [1.54, 1.807) is 4.90 Å². The lowest BCUT2D eigenvalue weighted by molar-refractivity contribution is -0.134. The number of ketones is 1. The van der Waals surface area contributed by atoms with Crippen molar-refractivity contribution >= 4 is 17.6 Å². The molecule has 0 unspecified atom stereocenters. The number of likely N-dealkylation sites (N-methyl/N-ethyl adjacent to an activating group) is 1. The summed E-state index contributed by atoms with van der Waals surface area (Å²) < 4.78 is 0. The van der Waals surface area contributed by atoms with Crippen LogP contribution in [0.4, 0.5) is 0 Å². The van der Waals surface area contributed by atoms with Crippen LogP contribution >= 0.6 is 0 Å². The summed E-state index contributed by atoms with van der Waals surface area (Å²) in [5.74, 6) is 0.185. The van der Waals surface area contributed by atoms with E-state index in [2.05, 4.69) is 10.6 Å². The predicted octanol–water partition coefficient (Wildman–Crippen LogP) is 1.20. The minimum Gasteiger partial charge on any atom is -0.352 e. The summed E-state index contributed by atoms with van der Waals surface area (Å²) in [6.07, 6.45) is 2.19. The summed E-state index contributed by atoms with van der Waals surface area (Å²) in [6.45, 7) is 8.09. The molecule has 0 radical (unpaired) electrons. The number of amides is 2. The number of carbonyl (C=O) groups is 3. The Morgan fingerprint density at radius 3 is 2.36 bits per heavy atom.